The Morgan fingerprint density at radius 3 is 1.51 bits per heavy atom. The number of hydrogen-bond donors (Lipinski definition) is 0. The van der Waals surface area contributed by atoms with Crippen LogP contribution in [0.1, 0.15) is 0 Å². The maximum absolute atomic E-state index is 6.60. The van der Waals surface area contributed by atoms with Crippen LogP contribution in [0.3, 0.4) is 0 Å². The molecule has 0 atom stereocenters. The van der Waals surface area contributed by atoms with Crippen molar-refractivity contribution in [3.8, 4) is 22.6 Å². The van der Waals surface area contributed by atoms with Crippen LogP contribution in [0.2, 0.25) is 0 Å². The first-order valence-electron chi connectivity index (χ1n) is 18.5. The Labute approximate surface area is 319 Å². The SMILES string of the molecule is c1ccc(-c2cccc(N(c3ccccc3)c3ccccc3N(c3ccccc3)c3ccc4ccc5ccc6nc(-c7ccccc7)oc6c5c4c3)c2)cc1. The van der Waals surface area contributed by atoms with Crippen molar-refractivity contribution in [2.75, 3.05) is 9.80 Å². The first kappa shape index (κ1) is 32.2. The van der Waals surface area contributed by atoms with Gasteiger partial charge < -0.3 is 14.2 Å². The number of hydrogen-bond acceptors (Lipinski definition) is 4. The molecule has 0 saturated heterocycles. The summed E-state index contributed by atoms with van der Waals surface area (Å²) in [7, 11) is 0. The quantitative estimate of drug-likeness (QED) is 0.147. The van der Waals surface area contributed by atoms with Crippen LogP contribution in [0, 0.1) is 0 Å². The topological polar surface area (TPSA) is 32.5 Å². The number of nitrogens with zero attached hydrogens (tertiary/aromatic N) is 3. The van der Waals surface area contributed by atoms with E-state index >= 15 is 0 Å². The minimum absolute atomic E-state index is 0.619. The van der Waals surface area contributed by atoms with Gasteiger partial charge in [0, 0.05) is 33.7 Å². The van der Waals surface area contributed by atoms with Gasteiger partial charge in [0.25, 0.3) is 0 Å². The molecule has 0 unspecified atom stereocenters. The van der Waals surface area contributed by atoms with Gasteiger partial charge in [0.2, 0.25) is 5.89 Å². The Hall–Kier alpha value is -7.43. The van der Waals surface area contributed by atoms with Crippen LogP contribution in [0.4, 0.5) is 34.1 Å². The van der Waals surface area contributed by atoms with Gasteiger partial charge in [0.05, 0.1) is 11.4 Å². The second-order valence-corrected chi connectivity index (χ2v) is 13.6. The summed E-state index contributed by atoms with van der Waals surface area (Å²) in [5, 5.41) is 4.39. The summed E-state index contributed by atoms with van der Waals surface area (Å²) in [5.74, 6) is 0.619. The van der Waals surface area contributed by atoms with Crippen molar-refractivity contribution in [3.05, 3.63) is 212 Å². The molecule has 0 fully saturated rings. The van der Waals surface area contributed by atoms with Gasteiger partial charge in [-0.25, -0.2) is 4.98 Å². The number of benzene rings is 9. The van der Waals surface area contributed by atoms with Crippen LogP contribution in [-0.4, -0.2) is 4.98 Å². The van der Waals surface area contributed by atoms with Gasteiger partial charge in [-0.15, -0.1) is 0 Å². The fraction of sp³-hybridized carbons (Fsp3) is 0. The third-order valence-corrected chi connectivity index (χ3v) is 10.2. The molecule has 0 amide bonds. The molecule has 0 spiro atoms. The lowest BCUT2D eigenvalue weighted by Crippen LogP contribution is -2.17. The third kappa shape index (κ3) is 5.96. The Kier molecular flexibility index (Phi) is 8.12. The second-order valence-electron chi connectivity index (χ2n) is 13.6. The monoisotopic (exact) mass is 705 g/mol. The summed E-state index contributed by atoms with van der Waals surface area (Å²) in [6.07, 6.45) is 0. The van der Waals surface area contributed by atoms with E-state index in [1.54, 1.807) is 0 Å². The molecule has 55 heavy (non-hydrogen) atoms. The Balaban J connectivity index is 1.19. The molecule has 10 rings (SSSR count). The minimum Gasteiger partial charge on any atom is -0.435 e. The summed E-state index contributed by atoms with van der Waals surface area (Å²) in [4.78, 5) is 9.64. The van der Waals surface area contributed by atoms with Crippen LogP contribution < -0.4 is 9.80 Å². The van der Waals surface area contributed by atoms with Gasteiger partial charge in [-0.05, 0) is 106 Å². The van der Waals surface area contributed by atoms with Crippen LogP contribution in [0.5, 0.6) is 0 Å². The molecule has 9 aromatic carbocycles. The normalized spacial score (nSPS) is 11.3. The van der Waals surface area contributed by atoms with Crippen LogP contribution in [0.15, 0.2) is 217 Å². The lowest BCUT2D eigenvalue weighted by Gasteiger charge is -2.33. The Morgan fingerprint density at radius 2 is 0.855 bits per heavy atom. The smallest absolute Gasteiger partial charge is 0.227 e. The average molecular weight is 706 g/mol. The summed E-state index contributed by atoms with van der Waals surface area (Å²) in [5.41, 5.74) is 11.2. The fourth-order valence-corrected chi connectivity index (χ4v) is 7.66. The van der Waals surface area contributed by atoms with Gasteiger partial charge in [-0.1, -0.05) is 133 Å². The Bertz CT molecular complexity index is 2920. The van der Waals surface area contributed by atoms with Gasteiger partial charge in [-0.3, -0.25) is 0 Å². The largest absolute Gasteiger partial charge is 0.435 e. The zero-order chi connectivity index (χ0) is 36.6. The number of rotatable bonds is 8. The molecule has 4 heteroatoms. The molecule has 0 saturated carbocycles. The molecule has 10 aromatic rings. The molecule has 0 N–H and O–H groups in total. The predicted molar refractivity (Wildman–Crippen MR) is 229 cm³/mol. The van der Waals surface area contributed by atoms with Gasteiger partial charge in [0.1, 0.15) is 5.52 Å². The van der Waals surface area contributed by atoms with E-state index in [1.165, 1.54) is 5.56 Å². The highest BCUT2D eigenvalue weighted by Crippen LogP contribution is 2.47. The maximum atomic E-state index is 6.60. The highest BCUT2D eigenvalue weighted by Gasteiger charge is 2.23. The fourth-order valence-electron chi connectivity index (χ4n) is 7.66. The van der Waals surface area contributed by atoms with E-state index in [0.717, 1.165) is 77.9 Å². The van der Waals surface area contributed by atoms with Gasteiger partial charge in [-0.2, -0.15) is 0 Å². The molecule has 0 bridgehead atoms. The molecule has 260 valence electrons. The van der Waals surface area contributed by atoms with Crippen molar-refractivity contribution < 1.29 is 4.42 Å². The summed E-state index contributed by atoms with van der Waals surface area (Å²) < 4.78 is 6.60. The molecule has 0 aliphatic carbocycles. The molecule has 0 aliphatic heterocycles. The first-order chi connectivity index (χ1) is 27.3. The second kappa shape index (κ2) is 13.8. The van der Waals surface area contributed by atoms with Crippen molar-refractivity contribution in [2.45, 2.75) is 0 Å². The third-order valence-electron chi connectivity index (χ3n) is 10.2. The predicted octanol–water partition coefficient (Wildman–Crippen LogP) is 14.4. The van der Waals surface area contributed by atoms with E-state index in [2.05, 4.69) is 192 Å². The van der Waals surface area contributed by atoms with E-state index in [4.69, 9.17) is 9.40 Å². The summed E-state index contributed by atoms with van der Waals surface area (Å²) in [6.45, 7) is 0. The van der Waals surface area contributed by atoms with Crippen LogP contribution in [-0.2, 0) is 0 Å². The number of aromatic nitrogens is 1. The lowest BCUT2D eigenvalue weighted by molar-refractivity contribution is 0.623. The number of para-hydroxylation sites is 4. The first-order valence-corrected chi connectivity index (χ1v) is 18.5. The zero-order valence-corrected chi connectivity index (χ0v) is 30.0. The van der Waals surface area contributed by atoms with E-state index < -0.39 is 0 Å². The highest BCUT2D eigenvalue weighted by molar-refractivity contribution is 6.18. The van der Waals surface area contributed by atoms with E-state index in [9.17, 15) is 0 Å². The zero-order valence-electron chi connectivity index (χ0n) is 30.0. The van der Waals surface area contributed by atoms with Crippen molar-refractivity contribution in [1.29, 1.82) is 0 Å². The Morgan fingerprint density at radius 1 is 0.364 bits per heavy atom. The van der Waals surface area contributed by atoms with Crippen molar-refractivity contribution in [3.63, 3.8) is 0 Å². The minimum atomic E-state index is 0.619. The van der Waals surface area contributed by atoms with Crippen LogP contribution in [0.25, 0.3) is 55.2 Å². The molecule has 1 aromatic heterocycles. The van der Waals surface area contributed by atoms with Crippen LogP contribution >= 0.6 is 0 Å². The van der Waals surface area contributed by atoms with Crippen molar-refractivity contribution >= 4 is 66.8 Å². The summed E-state index contributed by atoms with van der Waals surface area (Å²) >= 11 is 0. The molecular formula is C51H35N3O. The molecule has 1 heterocycles. The molecule has 0 aliphatic rings. The molecule has 0 radical (unpaired) electrons. The summed E-state index contributed by atoms with van der Waals surface area (Å²) in [6, 6.07) is 74.7. The average Bonchev–Trinajstić information content (AvgIpc) is 3.71. The maximum Gasteiger partial charge on any atom is 0.227 e. The molecule has 4 nitrogen and oxygen atoms in total. The standard InChI is InChI=1S/C51H35N3O/c1-5-16-36(17-6-1)40-20-15-25-43(34-40)53(41-21-9-3-10-22-41)47-26-13-14-27-48(47)54(42-23-11-4-12-24-42)44-32-30-37-28-29-38-31-33-46-50(49(38)45(37)35-44)55-51(52-46)39-18-7-2-8-19-39/h1-35H. The number of fused-ring (bicyclic) bond motifs is 5. The number of oxazole rings is 1. The van der Waals surface area contributed by atoms with E-state index in [-0.39, 0.29) is 0 Å². The van der Waals surface area contributed by atoms with Gasteiger partial charge >= 0.3 is 0 Å². The van der Waals surface area contributed by atoms with E-state index in [1.807, 2.05) is 30.3 Å². The highest BCUT2D eigenvalue weighted by atomic mass is 16.3. The van der Waals surface area contributed by atoms with Crippen molar-refractivity contribution in [1.82, 2.24) is 4.98 Å². The molecular weight excluding hydrogens is 671 g/mol. The van der Waals surface area contributed by atoms with E-state index in [0.29, 0.717) is 5.89 Å². The van der Waals surface area contributed by atoms with Gasteiger partial charge in [0.15, 0.2) is 5.58 Å². The lowest BCUT2D eigenvalue weighted by atomic mass is 10.00. The van der Waals surface area contributed by atoms with Crippen molar-refractivity contribution in [2.24, 2.45) is 0 Å². The number of anilines is 6.